The second-order valence-electron chi connectivity index (χ2n) is 5.03. The number of nitrogens with zero attached hydrogens (tertiary/aromatic N) is 1. The van der Waals surface area contributed by atoms with Crippen molar-refractivity contribution in [2.24, 2.45) is 0 Å². The minimum atomic E-state index is -0.619. The van der Waals surface area contributed by atoms with E-state index in [1.165, 1.54) is 12.4 Å². The number of nitrogens with one attached hydrogen (secondary N) is 1. The van der Waals surface area contributed by atoms with Gasteiger partial charge in [0.15, 0.2) is 0 Å². The van der Waals surface area contributed by atoms with Gasteiger partial charge >= 0.3 is 12.1 Å². The number of benzene rings is 1. The zero-order valence-electron chi connectivity index (χ0n) is 13.3. The van der Waals surface area contributed by atoms with Crippen LogP contribution in [0.5, 0.6) is 5.75 Å². The standard InChI is InChI=1S/C17H19N3O4/c1-2-3-16(21)24-13-6-4-12(5-7-13)11-23-17(22)20-15-8-9-19-10-14(15)18/h4-10H,2-3,11,18H2,1H3,(H,19,20,22). The summed E-state index contributed by atoms with van der Waals surface area (Å²) in [6.45, 7) is 1.99. The molecule has 1 aromatic heterocycles. The fourth-order valence-electron chi connectivity index (χ4n) is 1.86. The number of nitrogen functional groups attached to an aromatic ring is 1. The summed E-state index contributed by atoms with van der Waals surface area (Å²) in [5.41, 5.74) is 7.24. The van der Waals surface area contributed by atoms with E-state index in [4.69, 9.17) is 15.2 Å². The number of hydrogen-bond acceptors (Lipinski definition) is 6. The Balaban J connectivity index is 1.82. The molecule has 0 saturated heterocycles. The van der Waals surface area contributed by atoms with Crippen molar-refractivity contribution in [3.05, 3.63) is 48.3 Å². The van der Waals surface area contributed by atoms with Crippen molar-refractivity contribution < 1.29 is 19.1 Å². The van der Waals surface area contributed by atoms with Crippen LogP contribution in [0.15, 0.2) is 42.7 Å². The van der Waals surface area contributed by atoms with Crippen LogP contribution < -0.4 is 15.8 Å². The van der Waals surface area contributed by atoms with Crippen molar-refractivity contribution in [1.82, 2.24) is 4.98 Å². The van der Waals surface area contributed by atoms with E-state index in [9.17, 15) is 9.59 Å². The number of amides is 1. The van der Waals surface area contributed by atoms with Crippen LogP contribution in [-0.2, 0) is 16.1 Å². The van der Waals surface area contributed by atoms with Crippen molar-refractivity contribution in [3.63, 3.8) is 0 Å². The minimum absolute atomic E-state index is 0.0833. The summed E-state index contributed by atoms with van der Waals surface area (Å²) in [5.74, 6) is 0.196. The Morgan fingerprint density at radius 2 is 1.96 bits per heavy atom. The summed E-state index contributed by atoms with van der Waals surface area (Å²) >= 11 is 0. The Morgan fingerprint density at radius 3 is 2.62 bits per heavy atom. The number of pyridine rings is 1. The van der Waals surface area contributed by atoms with Gasteiger partial charge in [0.25, 0.3) is 0 Å². The number of carbonyl (C=O) groups excluding carboxylic acids is 2. The van der Waals surface area contributed by atoms with Crippen molar-refractivity contribution in [1.29, 1.82) is 0 Å². The van der Waals surface area contributed by atoms with Crippen molar-refractivity contribution in [2.75, 3.05) is 11.1 Å². The van der Waals surface area contributed by atoms with Gasteiger partial charge in [-0.15, -0.1) is 0 Å². The highest BCUT2D eigenvalue weighted by Crippen LogP contribution is 2.16. The number of nitrogens with two attached hydrogens (primary N) is 1. The number of rotatable bonds is 6. The van der Waals surface area contributed by atoms with E-state index in [1.807, 2.05) is 6.92 Å². The van der Waals surface area contributed by atoms with E-state index in [1.54, 1.807) is 30.3 Å². The molecule has 1 aromatic carbocycles. The monoisotopic (exact) mass is 329 g/mol. The molecule has 0 aliphatic carbocycles. The molecule has 2 rings (SSSR count). The Kier molecular flexibility index (Phi) is 6.13. The normalized spacial score (nSPS) is 10.0. The highest BCUT2D eigenvalue weighted by molar-refractivity contribution is 5.88. The zero-order chi connectivity index (χ0) is 17.4. The van der Waals surface area contributed by atoms with Crippen molar-refractivity contribution >= 4 is 23.4 Å². The van der Waals surface area contributed by atoms with Gasteiger partial charge in [-0.25, -0.2) is 4.79 Å². The molecule has 0 atom stereocenters. The SMILES string of the molecule is CCCC(=O)Oc1ccc(COC(=O)Nc2ccncc2N)cc1. The topological polar surface area (TPSA) is 104 Å². The predicted octanol–water partition coefficient (Wildman–Crippen LogP) is 3.12. The molecule has 7 nitrogen and oxygen atoms in total. The first-order valence-corrected chi connectivity index (χ1v) is 7.51. The van der Waals surface area contributed by atoms with Gasteiger partial charge in [-0.1, -0.05) is 19.1 Å². The largest absolute Gasteiger partial charge is 0.444 e. The second-order valence-corrected chi connectivity index (χ2v) is 5.03. The maximum absolute atomic E-state index is 11.7. The Labute approximate surface area is 139 Å². The van der Waals surface area contributed by atoms with Crippen LogP contribution in [0, 0.1) is 0 Å². The third-order valence-electron chi connectivity index (χ3n) is 3.07. The van der Waals surface area contributed by atoms with Gasteiger partial charge in [0, 0.05) is 12.6 Å². The van der Waals surface area contributed by atoms with Gasteiger partial charge in [0.05, 0.1) is 17.6 Å². The summed E-state index contributed by atoms with van der Waals surface area (Å²) in [6, 6.07) is 8.34. The maximum atomic E-state index is 11.7. The molecule has 0 unspecified atom stereocenters. The molecule has 0 aliphatic heterocycles. The molecule has 0 fully saturated rings. The quantitative estimate of drug-likeness (QED) is 0.623. The van der Waals surface area contributed by atoms with Gasteiger partial charge in [-0.3, -0.25) is 15.1 Å². The van der Waals surface area contributed by atoms with Gasteiger partial charge in [-0.05, 0) is 30.2 Å². The zero-order valence-corrected chi connectivity index (χ0v) is 13.3. The van der Waals surface area contributed by atoms with E-state index in [-0.39, 0.29) is 12.6 Å². The summed E-state index contributed by atoms with van der Waals surface area (Å²) < 4.78 is 10.3. The molecule has 7 heteroatoms. The van der Waals surface area contributed by atoms with E-state index < -0.39 is 6.09 Å². The van der Waals surface area contributed by atoms with E-state index in [0.29, 0.717) is 23.5 Å². The lowest BCUT2D eigenvalue weighted by Crippen LogP contribution is -2.14. The van der Waals surface area contributed by atoms with Crippen LogP contribution in [-0.4, -0.2) is 17.0 Å². The Hall–Kier alpha value is -3.09. The summed E-state index contributed by atoms with van der Waals surface area (Å²) in [4.78, 5) is 27.0. The van der Waals surface area contributed by atoms with Crippen molar-refractivity contribution in [2.45, 2.75) is 26.4 Å². The van der Waals surface area contributed by atoms with Gasteiger partial charge in [0.2, 0.25) is 0 Å². The van der Waals surface area contributed by atoms with Crippen LogP contribution in [0.25, 0.3) is 0 Å². The first-order chi connectivity index (χ1) is 11.6. The molecular formula is C17H19N3O4. The lowest BCUT2D eigenvalue weighted by molar-refractivity contribution is -0.134. The van der Waals surface area contributed by atoms with Crippen LogP contribution in [0.2, 0.25) is 0 Å². The third kappa shape index (κ3) is 5.28. The predicted molar refractivity (Wildman–Crippen MR) is 89.4 cm³/mol. The number of hydrogen-bond donors (Lipinski definition) is 2. The summed E-state index contributed by atoms with van der Waals surface area (Å²) in [7, 11) is 0. The van der Waals surface area contributed by atoms with Gasteiger partial charge in [0.1, 0.15) is 12.4 Å². The first kappa shape index (κ1) is 17.3. The molecule has 2 aromatic rings. The van der Waals surface area contributed by atoms with Gasteiger partial charge in [-0.2, -0.15) is 0 Å². The molecular weight excluding hydrogens is 310 g/mol. The second kappa shape index (κ2) is 8.52. The number of esters is 1. The Morgan fingerprint density at radius 1 is 1.21 bits per heavy atom. The van der Waals surface area contributed by atoms with Crippen LogP contribution >= 0.6 is 0 Å². The van der Waals surface area contributed by atoms with Crippen LogP contribution in [0.4, 0.5) is 16.2 Å². The molecule has 24 heavy (non-hydrogen) atoms. The highest BCUT2D eigenvalue weighted by Gasteiger charge is 2.07. The number of ether oxygens (including phenoxy) is 2. The van der Waals surface area contributed by atoms with E-state index in [2.05, 4.69) is 10.3 Å². The number of anilines is 2. The van der Waals surface area contributed by atoms with Crippen LogP contribution in [0.3, 0.4) is 0 Å². The maximum Gasteiger partial charge on any atom is 0.412 e. The molecule has 3 N–H and O–H groups in total. The molecule has 0 radical (unpaired) electrons. The smallest absolute Gasteiger partial charge is 0.412 e. The number of aromatic nitrogens is 1. The molecule has 1 heterocycles. The lowest BCUT2D eigenvalue weighted by Gasteiger charge is -2.09. The molecule has 0 aliphatic rings. The average Bonchev–Trinajstić information content (AvgIpc) is 2.56. The molecule has 126 valence electrons. The third-order valence-corrected chi connectivity index (χ3v) is 3.07. The summed E-state index contributed by atoms with van der Waals surface area (Å²) in [6.07, 6.45) is 3.45. The fraction of sp³-hybridized carbons (Fsp3) is 0.235. The number of carbonyl (C=O) groups is 2. The minimum Gasteiger partial charge on any atom is -0.444 e. The Bertz CT molecular complexity index is 701. The van der Waals surface area contributed by atoms with Gasteiger partial charge < -0.3 is 15.2 Å². The molecule has 0 spiro atoms. The first-order valence-electron chi connectivity index (χ1n) is 7.51. The molecule has 0 saturated carbocycles. The molecule has 0 bridgehead atoms. The lowest BCUT2D eigenvalue weighted by atomic mass is 10.2. The highest BCUT2D eigenvalue weighted by atomic mass is 16.5. The summed E-state index contributed by atoms with van der Waals surface area (Å²) in [5, 5.41) is 2.54. The van der Waals surface area contributed by atoms with E-state index in [0.717, 1.165) is 12.0 Å². The fourth-order valence-corrected chi connectivity index (χ4v) is 1.86. The van der Waals surface area contributed by atoms with Crippen LogP contribution in [0.1, 0.15) is 25.3 Å². The average molecular weight is 329 g/mol. The van der Waals surface area contributed by atoms with E-state index >= 15 is 0 Å². The van der Waals surface area contributed by atoms with Crippen molar-refractivity contribution in [3.8, 4) is 5.75 Å². The molecule has 1 amide bonds.